The van der Waals surface area contributed by atoms with Crippen molar-refractivity contribution in [2.45, 2.75) is 45.4 Å². The minimum Gasteiger partial charge on any atom is -0.497 e. The third-order valence-electron chi connectivity index (χ3n) is 4.48. The lowest BCUT2D eigenvalue weighted by molar-refractivity contribution is 0.304. The Labute approximate surface area is 163 Å². The van der Waals surface area contributed by atoms with E-state index in [1.165, 1.54) is 32.1 Å². The number of rotatable bonds is 11. The number of nitriles is 1. The largest absolute Gasteiger partial charge is 0.497 e. The van der Waals surface area contributed by atoms with Crippen LogP contribution in [0.2, 0.25) is 0 Å². The van der Waals surface area contributed by atoms with Gasteiger partial charge in [-0.2, -0.15) is 5.26 Å². The zero-order chi connectivity index (χ0) is 19.3. The number of hydrogen-bond donors (Lipinski definition) is 0. The van der Waals surface area contributed by atoms with E-state index in [1.807, 2.05) is 54.6 Å². The Morgan fingerprint density at radius 2 is 1.52 bits per heavy atom. The van der Waals surface area contributed by atoms with E-state index in [-0.39, 0.29) is 0 Å². The number of nitrogens with zero attached hydrogens (tertiary/aromatic N) is 1. The van der Waals surface area contributed by atoms with E-state index in [0.717, 1.165) is 35.7 Å². The second kappa shape index (κ2) is 11.8. The topological polar surface area (TPSA) is 42.2 Å². The van der Waals surface area contributed by atoms with Crippen LogP contribution < -0.4 is 9.47 Å². The number of unbranched alkanes of at least 4 members (excludes halogenated alkanes) is 5. The Bertz CT molecular complexity index is 739. The van der Waals surface area contributed by atoms with Crippen LogP contribution >= 0.6 is 0 Å². The summed E-state index contributed by atoms with van der Waals surface area (Å²) in [4.78, 5) is 0. The van der Waals surface area contributed by atoms with Crippen LogP contribution in [0.5, 0.6) is 11.5 Å². The molecule has 0 unspecified atom stereocenters. The molecule has 0 aliphatic carbocycles. The van der Waals surface area contributed by atoms with E-state index < -0.39 is 0 Å². The summed E-state index contributed by atoms with van der Waals surface area (Å²) in [5.74, 6) is 1.66. The number of allylic oxidation sites excluding steroid dienone is 1. The molecular formula is C24H29NO2. The van der Waals surface area contributed by atoms with Crippen LogP contribution in [0.1, 0.15) is 56.6 Å². The number of benzene rings is 2. The Kier molecular flexibility index (Phi) is 9.00. The van der Waals surface area contributed by atoms with Crippen molar-refractivity contribution in [1.82, 2.24) is 0 Å². The molecule has 0 radical (unpaired) electrons. The van der Waals surface area contributed by atoms with Gasteiger partial charge in [-0.1, -0.05) is 51.2 Å². The summed E-state index contributed by atoms with van der Waals surface area (Å²) in [6, 6.07) is 17.7. The van der Waals surface area contributed by atoms with Gasteiger partial charge in [0, 0.05) is 0 Å². The molecule has 142 valence electrons. The van der Waals surface area contributed by atoms with Gasteiger partial charge in [-0.05, 0) is 60.0 Å². The Balaban J connectivity index is 1.87. The fraction of sp³-hybridized carbons (Fsp3) is 0.375. The summed E-state index contributed by atoms with van der Waals surface area (Å²) in [5, 5.41) is 9.47. The fourth-order valence-electron chi connectivity index (χ4n) is 2.85. The standard InChI is InChI=1S/C24H29NO2/c1-3-4-5-6-7-8-17-27-24-13-9-20(10-14-24)18-22(19-25)21-11-15-23(26-2)16-12-21/h9-16,18H,3-8,17H2,1-2H3. The van der Waals surface area contributed by atoms with E-state index in [0.29, 0.717) is 5.57 Å². The molecule has 0 saturated carbocycles. The first kappa shape index (κ1) is 20.6. The van der Waals surface area contributed by atoms with E-state index in [9.17, 15) is 5.26 Å². The molecule has 0 aliphatic rings. The molecule has 0 heterocycles. The Morgan fingerprint density at radius 3 is 2.15 bits per heavy atom. The minimum absolute atomic E-state index is 0.624. The van der Waals surface area contributed by atoms with Gasteiger partial charge in [0.15, 0.2) is 0 Å². The zero-order valence-electron chi connectivity index (χ0n) is 16.4. The van der Waals surface area contributed by atoms with Crippen LogP contribution in [0.25, 0.3) is 11.6 Å². The Morgan fingerprint density at radius 1 is 0.889 bits per heavy atom. The molecule has 3 heteroatoms. The summed E-state index contributed by atoms with van der Waals surface area (Å²) in [7, 11) is 1.63. The highest BCUT2D eigenvalue weighted by Crippen LogP contribution is 2.22. The summed E-state index contributed by atoms with van der Waals surface area (Å²) in [6.45, 7) is 3.00. The second-order valence-corrected chi connectivity index (χ2v) is 6.58. The van der Waals surface area contributed by atoms with Crippen molar-refractivity contribution in [2.24, 2.45) is 0 Å². The van der Waals surface area contributed by atoms with Crippen molar-refractivity contribution in [3.05, 3.63) is 59.7 Å². The zero-order valence-corrected chi connectivity index (χ0v) is 16.4. The van der Waals surface area contributed by atoms with Crippen molar-refractivity contribution < 1.29 is 9.47 Å². The molecule has 2 aromatic rings. The summed E-state index contributed by atoms with van der Waals surface area (Å²) in [5.41, 5.74) is 2.48. The number of methoxy groups -OCH3 is 1. The van der Waals surface area contributed by atoms with Crippen molar-refractivity contribution in [3.8, 4) is 17.6 Å². The third-order valence-corrected chi connectivity index (χ3v) is 4.48. The first-order valence-corrected chi connectivity index (χ1v) is 9.76. The van der Waals surface area contributed by atoms with Crippen LogP contribution in [-0.2, 0) is 0 Å². The molecule has 0 spiro atoms. The molecule has 2 aromatic carbocycles. The molecule has 0 aromatic heterocycles. The van der Waals surface area contributed by atoms with Crippen molar-refractivity contribution in [2.75, 3.05) is 13.7 Å². The maximum atomic E-state index is 9.47. The van der Waals surface area contributed by atoms with Gasteiger partial charge in [0.1, 0.15) is 11.5 Å². The molecule has 0 N–H and O–H groups in total. The molecule has 0 fully saturated rings. The molecule has 0 aliphatic heterocycles. The van der Waals surface area contributed by atoms with Crippen LogP contribution in [0.15, 0.2) is 48.5 Å². The van der Waals surface area contributed by atoms with Gasteiger partial charge in [-0.15, -0.1) is 0 Å². The van der Waals surface area contributed by atoms with Crippen LogP contribution in [0.4, 0.5) is 0 Å². The maximum Gasteiger partial charge on any atom is 0.119 e. The highest BCUT2D eigenvalue weighted by atomic mass is 16.5. The maximum absolute atomic E-state index is 9.47. The lowest BCUT2D eigenvalue weighted by Gasteiger charge is -2.07. The van der Waals surface area contributed by atoms with Gasteiger partial charge in [0.25, 0.3) is 0 Å². The van der Waals surface area contributed by atoms with E-state index >= 15 is 0 Å². The van der Waals surface area contributed by atoms with Crippen LogP contribution in [0, 0.1) is 11.3 Å². The molecule has 3 nitrogen and oxygen atoms in total. The van der Waals surface area contributed by atoms with Crippen LogP contribution in [0.3, 0.4) is 0 Å². The highest BCUT2D eigenvalue weighted by Gasteiger charge is 2.02. The summed E-state index contributed by atoms with van der Waals surface area (Å²) in [6.07, 6.45) is 9.45. The minimum atomic E-state index is 0.624. The molecular weight excluding hydrogens is 334 g/mol. The molecule has 2 rings (SSSR count). The Hall–Kier alpha value is -2.73. The van der Waals surface area contributed by atoms with Gasteiger partial charge in [-0.25, -0.2) is 0 Å². The van der Waals surface area contributed by atoms with Gasteiger partial charge in [0.05, 0.1) is 25.4 Å². The second-order valence-electron chi connectivity index (χ2n) is 6.58. The molecule has 0 saturated heterocycles. The average molecular weight is 364 g/mol. The van der Waals surface area contributed by atoms with Gasteiger partial charge in [-0.3, -0.25) is 0 Å². The van der Waals surface area contributed by atoms with Crippen LogP contribution in [-0.4, -0.2) is 13.7 Å². The summed E-state index contributed by atoms with van der Waals surface area (Å²) >= 11 is 0. The first-order chi connectivity index (χ1) is 13.3. The third kappa shape index (κ3) is 7.19. The molecule has 0 amide bonds. The molecule has 0 bridgehead atoms. The van der Waals surface area contributed by atoms with Gasteiger partial charge < -0.3 is 9.47 Å². The average Bonchev–Trinajstić information content (AvgIpc) is 2.72. The van der Waals surface area contributed by atoms with E-state index in [4.69, 9.17) is 9.47 Å². The summed E-state index contributed by atoms with van der Waals surface area (Å²) < 4.78 is 11.0. The lowest BCUT2D eigenvalue weighted by atomic mass is 10.0. The predicted octanol–water partition coefficient (Wildman–Crippen LogP) is 6.50. The van der Waals surface area contributed by atoms with Crippen molar-refractivity contribution in [3.63, 3.8) is 0 Å². The van der Waals surface area contributed by atoms with Gasteiger partial charge >= 0.3 is 0 Å². The normalized spacial score (nSPS) is 11.1. The lowest BCUT2D eigenvalue weighted by Crippen LogP contribution is -1.97. The van der Waals surface area contributed by atoms with Gasteiger partial charge in [0.2, 0.25) is 0 Å². The quantitative estimate of drug-likeness (QED) is 0.260. The fourth-order valence-corrected chi connectivity index (χ4v) is 2.85. The highest BCUT2D eigenvalue weighted by molar-refractivity contribution is 5.89. The van der Waals surface area contributed by atoms with E-state index in [1.54, 1.807) is 7.11 Å². The monoisotopic (exact) mass is 363 g/mol. The smallest absolute Gasteiger partial charge is 0.119 e. The predicted molar refractivity (Wildman–Crippen MR) is 112 cm³/mol. The van der Waals surface area contributed by atoms with Crippen molar-refractivity contribution in [1.29, 1.82) is 5.26 Å². The first-order valence-electron chi connectivity index (χ1n) is 9.76. The van der Waals surface area contributed by atoms with Crippen molar-refractivity contribution >= 4 is 11.6 Å². The number of hydrogen-bond acceptors (Lipinski definition) is 3. The number of ether oxygens (including phenoxy) is 2. The molecule has 0 atom stereocenters. The SMILES string of the molecule is CCCCCCCCOc1ccc(C=C(C#N)c2ccc(OC)cc2)cc1. The van der Waals surface area contributed by atoms with E-state index in [2.05, 4.69) is 13.0 Å². The molecule has 27 heavy (non-hydrogen) atoms.